The van der Waals surface area contributed by atoms with Crippen LogP contribution in [0.4, 0.5) is 0 Å². The van der Waals surface area contributed by atoms with Crippen LogP contribution in [0.15, 0.2) is 0 Å². The molecule has 2 N–H and O–H groups in total. The number of hydrogen-bond donors (Lipinski definition) is 1. The molecular formula is C15H30N2O. The van der Waals surface area contributed by atoms with Crippen LogP contribution >= 0.6 is 0 Å². The molecule has 18 heavy (non-hydrogen) atoms. The van der Waals surface area contributed by atoms with Gasteiger partial charge < -0.3 is 10.6 Å². The van der Waals surface area contributed by atoms with E-state index in [0.29, 0.717) is 18.4 Å². The molecule has 1 aliphatic rings. The van der Waals surface area contributed by atoms with Gasteiger partial charge in [0.25, 0.3) is 0 Å². The topological polar surface area (TPSA) is 46.3 Å². The lowest BCUT2D eigenvalue weighted by atomic mass is 9.89. The number of amides is 1. The molecule has 1 heterocycles. The van der Waals surface area contributed by atoms with Gasteiger partial charge in [-0.2, -0.15) is 0 Å². The van der Waals surface area contributed by atoms with Crippen LogP contribution in [0, 0.1) is 11.8 Å². The summed E-state index contributed by atoms with van der Waals surface area (Å²) in [6.45, 7) is 8.11. The van der Waals surface area contributed by atoms with Crippen molar-refractivity contribution in [1.29, 1.82) is 0 Å². The first-order valence-electron chi connectivity index (χ1n) is 7.64. The smallest absolute Gasteiger partial charge is 0.225 e. The molecule has 1 saturated heterocycles. The van der Waals surface area contributed by atoms with Crippen LogP contribution in [0.3, 0.4) is 0 Å². The highest BCUT2D eigenvalue weighted by Gasteiger charge is 2.32. The molecule has 3 heteroatoms. The lowest BCUT2D eigenvalue weighted by molar-refractivity contribution is -0.140. The average Bonchev–Trinajstić information content (AvgIpc) is 2.37. The molecule has 1 aliphatic heterocycles. The summed E-state index contributed by atoms with van der Waals surface area (Å²) in [5.41, 5.74) is 5.85. The molecule has 0 saturated carbocycles. The van der Waals surface area contributed by atoms with E-state index in [2.05, 4.69) is 25.7 Å². The molecule has 0 bridgehead atoms. The first-order chi connectivity index (χ1) is 8.63. The van der Waals surface area contributed by atoms with Crippen LogP contribution in [-0.4, -0.2) is 29.9 Å². The summed E-state index contributed by atoms with van der Waals surface area (Å²) in [4.78, 5) is 14.7. The highest BCUT2D eigenvalue weighted by molar-refractivity contribution is 5.79. The summed E-state index contributed by atoms with van der Waals surface area (Å²) in [5.74, 6) is 1.29. The quantitative estimate of drug-likeness (QED) is 0.792. The Kier molecular flexibility index (Phi) is 6.69. The molecule has 106 valence electrons. The fraction of sp³-hybridized carbons (Fsp3) is 0.933. The molecule has 2 unspecified atom stereocenters. The van der Waals surface area contributed by atoms with Crippen molar-refractivity contribution in [2.45, 2.75) is 65.3 Å². The zero-order chi connectivity index (χ0) is 13.5. The molecule has 0 aromatic carbocycles. The molecular weight excluding hydrogens is 224 g/mol. The molecule has 1 fully saturated rings. The van der Waals surface area contributed by atoms with Crippen molar-refractivity contribution < 1.29 is 4.79 Å². The third kappa shape index (κ3) is 3.98. The summed E-state index contributed by atoms with van der Waals surface area (Å²) in [5, 5.41) is 0. The predicted octanol–water partition coefficient (Wildman–Crippen LogP) is 2.79. The minimum atomic E-state index is 0.224. The molecule has 0 radical (unpaired) electrons. The van der Waals surface area contributed by atoms with E-state index in [1.807, 2.05) is 0 Å². The van der Waals surface area contributed by atoms with Gasteiger partial charge in [0, 0.05) is 25.0 Å². The van der Waals surface area contributed by atoms with Crippen molar-refractivity contribution in [2.24, 2.45) is 17.6 Å². The van der Waals surface area contributed by atoms with Gasteiger partial charge in [-0.15, -0.1) is 0 Å². The van der Waals surface area contributed by atoms with E-state index in [1.165, 1.54) is 0 Å². The van der Waals surface area contributed by atoms with Gasteiger partial charge in [-0.3, -0.25) is 4.79 Å². The van der Waals surface area contributed by atoms with Crippen molar-refractivity contribution in [3.05, 3.63) is 0 Å². The van der Waals surface area contributed by atoms with Crippen molar-refractivity contribution in [3.8, 4) is 0 Å². The van der Waals surface area contributed by atoms with Gasteiger partial charge >= 0.3 is 0 Å². The van der Waals surface area contributed by atoms with E-state index in [1.54, 1.807) is 0 Å². The van der Waals surface area contributed by atoms with Gasteiger partial charge in [-0.05, 0) is 31.6 Å². The van der Waals surface area contributed by atoms with Crippen molar-refractivity contribution in [2.75, 3.05) is 13.1 Å². The van der Waals surface area contributed by atoms with E-state index in [0.717, 1.165) is 45.1 Å². The van der Waals surface area contributed by atoms with Gasteiger partial charge in [0.05, 0.1) is 0 Å². The predicted molar refractivity (Wildman–Crippen MR) is 76.3 cm³/mol. The second kappa shape index (κ2) is 7.78. The van der Waals surface area contributed by atoms with Gasteiger partial charge in [0.1, 0.15) is 0 Å². The van der Waals surface area contributed by atoms with Crippen LogP contribution in [0.2, 0.25) is 0 Å². The molecule has 1 rings (SSSR count). The molecule has 2 atom stereocenters. The van der Waals surface area contributed by atoms with E-state index in [4.69, 9.17) is 5.73 Å². The number of nitrogens with zero attached hydrogens (tertiary/aromatic N) is 1. The Balaban J connectivity index is 2.66. The second-order valence-corrected chi connectivity index (χ2v) is 5.82. The van der Waals surface area contributed by atoms with Crippen LogP contribution in [0.5, 0.6) is 0 Å². The summed E-state index contributed by atoms with van der Waals surface area (Å²) >= 11 is 0. The second-order valence-electron chi connectivity index (χ2n) is 5.82. The minimum Gasteiger partial charge on any atom is -0.338 e. The summed E-state index contributed by atoms with van der Waals surface area (Å²) < 4.78 is 0. The number of piperidine rings is 1. The monoisotopic (exact) mass is 254 g/mol. The van der Waals surface area contributed by atoms with Crippen LogP contribution < -0.4 is 5.73 Å². The Hall–Kier alpha value is -0.570. The van der Waals surface area contributed by atoms with Crippen molar-refractivity contribution in [1.82, 2.24) is 4.90 Å². The number of nitrogens with two attached hydrogens (primary N) is 1. The Labute approximate surface area is 112 Å². The molecule has 0 aromatic heterocycles. The normalized spacial score (nSPS) is 24.6. The average molecular weight is 254 g/mol. The third-order valence-electron chi connectivity index (χ3n) is 4.16. The number of carbonyl (C=O) groups is 1. The third-order valence-corrected chi connectivity index (χ3v) is 4.16. The Morgan fingerprint density at radius 3 is 2.44 bits per heavy atom. The number of likely N-dealkylation sites (tertiary alicyclic amines) is 1. The number of hydrogen-bond acceptors (Lipinski definition) is 2. The lowest BCUT2D eigenvalue weighted by Gasteiger charge is -2.39. The Morgan fingerprint density at radius 2 is 1.94 bits per heavy atom. The zero-order valence-corrected chi connectivity index (χ0v) is 12.3. The van der Waals surface area contributed by atoms with Gasteiger partial charge in [0.15, 0.2) is 0 Å². The maximum atomic E-state index is 12.6. The maximum Gasteiger partial charge on any atom is 0.225 e. The minimum absolute atomic E-state index is 0.224. The standard InChI is InChI=1S/C15H30N2O/c1-4-6-13(7-5-2)15(18)17-9-8-12(3)10-14(17)11-16/h12-14H,4-11,16H2,1-3H3. The van der Waals surface area contributed by atoms with E-state index < -0.39 is 0 Å². The van der Waals surface area contributed by atoms with E-state index >= 15 is 0 Å². The SMILES string of the molecule is CCCC(CCC)C(=O)N1CCC(C)CC1CN. The molecule has 3 nitrogen and oxygen atoms in total. The van der Waals surface area contributed by atoms with Crippen molar-refractivity contribution >= 4 is 5.91 Å². The highest BCUT2D eigenvalue weighted by atomic mass is 16.2. The lowest BCUT2D eigenvalue weighted by Crippen LogP contribution is -2.51. The van der Waals surface area contributed by atoms with Gasteiger partial charge in [-0.1, -0.05) is 33.6 Å². The largest absolute Gasteiger partial charge is 0.338 e. The van der Waals surface area contributed by atoms with Gasteiger partial charge in [0.2, 0.25) is 5.91 Å². The summed E-state index contributed by atoms with van der Waals surface area (Å²) in [6.07, 6.45) is 6.44. The molecule has 0 spiro atoms. The fourth-order valence-corrected chi connectivity index (χ4v) is 3.09. The van der Waals surface area contributed by atoms with E-state index in [-0.39, 0.29) is 12.0 Å². The number of carbonyl (C=O) groups excluding carboxylic acids is 1. The van der Waals surface area contributed by atoms with Gasteiger partial charge in [-0.25, -0.2) is 0 Å². The molecule has 1 amide bonds. The maximum absolute atomic E-state index is 12.6. The van der Waals surface area contributed by atoms with Crippen LogP contribution in [0.25, 0.3) is 0 Å². The molecule has 0 aromatic rings. The Morgan fingerprint density at radius 1 is 1.33 bits per heavy atom. The first kappa shape index (κ1) is 15.5. The highest BCUT2D eigenvalue weighted by Crippen LogP contribution is 2.26. The summed E-state index contributed by atoms with van der Waals surface area (Å²) in [7, 11) is 0. The first-order valence-corrected chi connectivity index (χ1v) is 7.64. The fourth-order valence-electron chi connectivity index (χ4n) is 3.09. The molecule has 0 aliphatic carbocycles. The van der Waals surface area contributed by atoms with Crippen molar-refractivity contribution in [3.63, 3.8) is 0 Å². The Bertz CT molecular complexity index is 249. The van der Waals surface area contributed by atoms with Crippen LogP contribution in [-0.2, 0) is 4.79 Å². The van der Waals surface area contributed by atoms with Crippen LogP contribution in [0.1, 0.15) is 59.3 Å². The number of rotatable bonds is 6. The van der Waals surface area contributed by atoms with E-state index in [9.17, 15) is 4.79 Å². The summed E-state index contributed by atoms with van der Waals surface area (Å²) in [6, 6.07) is 0.275. The zero-order valence-electron chi connectivity index (χ0n) is 12.3.